The van der Waals surface area contributed by atoms with Gasteiger partial charge in [0.2, 0.25) is 53.2 Å². The van der Waals surface area contributed by atoms with E-state index in [9.17, 15) is 58.2 Å². The molecular weight excluding hydrogens is 981 g/mol. The molecular formula is C54H70N10O12. The highest BCUT2D eigenvalue weighted by Crippen LogP contribution is 2.20. The number of aromatic nitrogens is 1. The molecule has 0 bridgehead atoms. The number of nitrogens with one attached hydrogen (secondary N) is 10. The van der Waals surface area contributed by atoms with Gasteiger partial charge in [-0.2, -0.15) is 0 Å². The van der Waals surface area contributed by atoms with Crippen LogP contribution in [0.2, 0.25) is 0 Å². The molecule has 2 heterocycles. The lowest BCUT2D eigenvalue weighted by molar-refractivity contribution is -0.137. The molecule has 9 amide bonds. The molecule has 0 radical (unpaired) electrons. The highest BCUT2D eigenvalue weighted by molar-refractivity contribution is 6.09. The quantitative estimate of drug-likeness (QED) is 0.0759. The first-order valence-electron chi connectivity index (χ1n) is 25.3. The largest absolute Gasteiger partial charge is 0.394 e. The molecule has 76 heavy (non-hydrogen) atoms. The molecule has 5 rings (SSSR count). The van der Waals surface area contributed by atoms with Crippen molar-refractivity contribution in [3.05, 3.63) is 107 Å². The van der Waals surface area contributed by atoms with Crippen LogP contribution in [0.5, 0.6) is 0 Å². The number of aliphatic hydroxyl groups excluding tert-OH is 2. The normalized spacial score (nSPS) is 22.9. The lowest BCUT2D eigenvalue weighted by Crippen LogP contribution is -2.62. The van der Waals surface area contributed by atoms with Crippen LogP contribution in [-0.4, -0.2) is 143 Å². The molecule has 0 spiro atoms. The monoisotopic (exact) mass is 1050 g/mol. The van der Waals surface area contributed by atoms with E-state index in [1.165, 1.54) is 0 Å². The summed E-state index contributed by atoms with van der Waals surface area (Å²) in [6.45, 7) is 6.89. The molecule has 1 aromatic heterocycles. The number of aromatic amines is 1. The molecule has 4 aromatic rings. The molecule has 1 fully saturated rings. The Labute approximate surface area is 440 Å². The molecule has 3 aromatic carbocycles. The molecule has 1 saturated heterocycles. The number of fused-ring (bicyclic) bond motifs is 1. The van der Waals surface area contributed by atoms with Crippen LogP contribution in [0.15, 0.2) is 85.1 Å². The minimum absolute atomic E-state index is 0.00538. The summed E-state index contributed by atoms with van der Waals surface area (Å²) in [6.07, 6.45) is 1.76. The summed E-state index contributed by atoms with van der Waals surface area (Å²) in [5.74, 6) is -9.63. The zero-order valence-corrected chi connectivity index (χ0v) is 43.5. The maximum atomic E-state index is 14.5. The summed E-state index contributed by atoms with van der Waals surface area (Å²) >= 11 is 0. The van der Waals surface area contributed by atoms with E-state index in [2.05, 4.69) is 52.8 Å². The summed E-state index contributed by atoms with van der Waals surface area (Å²) in [6, 6.07) is 12.1. The summed E-state index contributed by atoms with van der Waals surface area (Å²) in [5.41, 5.74) is 2.68. The van der Waals surface area contributed by atoms with Gasteiger partial charge in [-0.1, -0.05) is 121 Å². The van der Waals surface area contributed by atoms with E-state index in [0.29, 0.717) is 28.7 Å². The average Bonchev–Trinajstić information content (AvgIpc) is 3.81. The second-order valence-electron chi connectivity index (χ2n) is 19.6. The molecule has 1 aliphatic heterocycles. The minimum Gasteiger partial charge on any atom is -0.394 e. The number of aliphatic hydroxyl groups is 2. The van der Waals surface area contributed by atoms with Crippen molar-refractivity contribution in [2.24, 2.45) is 17.8 Å². The Morgan fingerprint density at radius 2 is 1.03 bits per heavy atom. The van der Waals surface area contributed by atoms with Crippen molar-refractivity contribution in [1.29, 1.82) is 0 Å². The fraction of sp³-hybridized carbons (Fsp3) is 0.444. The van der Waals surface area contributed by atoms with Crippen molar-refractivity contribution in [1.82, 2.24) is 52.8 Å². The third kappa shape index (κ3) is 16.5. The van der Waals surface area contributed by atoms with Crippen LogP contribution in [0.25, 0.3) is 10.9 Å². The van der Waals surface area contributed by atoms with Crippen LogP contribution in [0.3, 0.4) is 0 Å². The number of ketones is 1. The lowest BCUT2D eigenvalue weighted by atomic mass is 9.96. The van der Waals surface area contributed by atoms with Crippen LogP contribution in [-0.2, 0) is 56.0 Å². The number of rotatable bonds is 13. The first kappa shape index (κ1) is 58.9. The van der Waals surface area contributed by atoms with Gasteiger partial charge in [0.15, 0.2) is 5.78 Å². The van der Waals surface area contributed by atoms with Gasteiger partial charge in [-0.3, -0.25) is 47.9 Å². The van der Waals surface area contributed by atoms with Crippen LogP contribution < -0.4 is 47.9 Å². The van der Waals surface area contributed by atoms with E-state index >= 15 is 0 Å². The van der Waals surface area contributed by atoms with Gasteiger partial charge in [0, 0.05) is 41.1 Å². The van der Waals surface area contributed by atoms with Gasteiger partial charge in [0.05, 0.1) is 26.3 Å². The van der Waals surface area contributed by atoms with Crippen molar-refractivity contribution in [3.8, 4) is 0 Å². The fourth-order valence-corrected chi connectivity index (χ4v) is 8.42. The number of para-hydroxylation sites is 1. The van der Waals surface area contributed by atoms with Gasteiger partial charge < -0.3 is 63.0 Å². The fourth-order valence-electron chi connectivity index (χ4n) is 8.42. The van der Waals surface area contributed by atoms with Crippen LogP contribution >= 0.6 is 0 Å². The van der Waals surface area contributed by atoms with Gasteiger partial charge >= 0.3 is 0 Å². The number of benzene rings is 3. The smallest absolute Gasteiger partial charge is 0.245 e. The molecule has 0 aliphatic carbocycles. The Hall–Kier alpha value is -7.98. The van der Waals surface area contributed by atoms with Crippen LogP contribution in [0.4, 0.5) is 0 Å². The maximum Gasteiger partial charge on any atom is 0.245 e. The Balaban J connectivity index is 1.50. The van der Waals surface area contributed by atoms with Gasteiger partial charge in [0.25, 0.3) is 0 Å². The Morgan fingerprint density at radius 1 is 0.526 bits per heavy atom. The zero-order chi connectivity index (χ0) is 55.6. The topological polar surface area (TPSA) is 335 Å². The summed E-state index contributed by atoms with van der Waals surface area (Å²) < 4.78 is 0. The van der Waals surface area contributed by atoms with Crippen molar-refractivity contribution < 1.29 is 58.2 Å². The minimum atomic E-state index is -1.67. The summed E-state index contributed by atoms with van der Waals surface area (Å²) in [4.78, 5) is 141. The van der Waals surface area contributed by atoms with Gasteiger partial charge in [0.1, 0.15) is 42.3 Å². The molecule has 12 N–H and O–H groups in total. The second-order valence-corrected chi connectivity index (χ2v) is 19.6. The number of amides is 9. The number of carbonyl (C=O) groups is 10. The molecule has 1 aliphatic rings. The SMILES string of the molecule is CC[C@H](C)[C@@H]1NC(=O)CNC(=O)[C@H](Cc2c[nH]c3ccccc23)NC(=O)CNC(=O)[C@H](CO)NC(=O)[C@H](CC(C)C)NC(=O)[C@H](CO)NC(=O)[C@H](C(C)C)NC(=O)[C@H](Cc2ccc(C(=O)c3ccccc3)cc2)NC1=O. The van der Waals surface area contributed by atoms with Gasteiger partial charge in [-0.05, 0) is 41.4 Å². The molecule has 0 saturated carbocycles. The molecule has 0 unspecified atom stereocenters. The van der Waals surface area contributed by atoms with Crippen molar-refractivity contribution in [2.75, 3.05) is 26.3 Å². The first-order valence-corrected chi connectivity index (χ1v) is 25.3. The zero-order valence-electron chi connectivity index (χ0n) is 43.5. The molecule has 22 heteroatoms. The molecule has 408 valence electrons. The Bertz CT molecular complexity index is 2710. The number of H-pyrrole nitrogens is 1. The van der Waals surface area contributed by atoms with Crippen LogP contribution in [0.1, 0.15) is 81.4 Å². The third-order valence-corrected chi connectivity index (χ3v) is 13.0. The van der Waals surface area contributed by atoms with E-state index in [1.807, 2.05) is 18.2 Å². The lowest BCUT2D eigenvalue weighted by Gasteiger charge is -2.29. The number of hydrogen-bond acceptors (Lipinski definition) is 12. The maximum absolute atomic E-state index is 14.5. The predicted octanol–water partition coefficient (Wildman–Crippen LogP) is -0.444. The van der Waals surface area contributed by atoms with Crippen molar-refractivity contribution in [3.63, 3.8) is 0 Å². The van der Waals surface area contributed by atoms with E-state index in [1.54, 1.807) is 108 Å². The number of hydrogen-bond donors (Lipinski definition) is 12. The second kappa shape index (κ2) is 28.1. The highest BCUT2D eigenvalue weighted by Gasteiger charge is 2.36. The standard InChI is InChI=1S/C54H70N10O12/c1-7-31(6)46-54(76)60-39(22-32-17-19-34(20-18-32)47(69)33-13-9-8-10-14-33)51(73)64-45(30(4)5)53(75)62-42(28-66)52(74)59-38(21-29(2)3)50(72)61-41(27-65)49(71)57-25-43(67)58-40(48(70)56-26-44(68)63-46)23-35-24-55-37-16-12-11-15-36(35)37/h8-20,24,29-31,38-42,45-46,55,65-66H,7,21-23,25-28H2,1-6H3,(H,56,70)(H,57,71)(H,58,67)(H,59,74)(H,60,76)(H,61,72)(H,62,75)(H,63,68)(H,64,73)/t31-,38-,39-,40-,41-,42-,45-,46-/m0/s1. The molecule has 8 atom stereocenters. The van der Waals surface area contributed by atoms with E-state index in [-0.39, 0.29) is 31.0 Å². The predicted molar refractivity (Wildman–Crippen MR) is 279 cm³/mol. The van der Waals surface area contributed by atoms with E-state index < -0.39 is 134 Å². The first-order chi connectivity index (χ1) is 36.2. The third-order valence-electron chi connectivity index (χ3n) is 13.0. The summed E-state index contributed by atoms with van der Waals surface area (Å²) in [7, 11) is 0. The molecule has 22 nitrogen and oxygen atoms in total. The van der Waals surface area contributed by atoms with Crippen molar-refractivity contribution >= 4 is 69.9 Å². The summed E-state index contributed by atoms with van der Waals surface area (Å²) in [5, 5.41) is 44.1. The van der Waals surface area contributed by atoms with E-state index in [0.717, 1.165) is 10.9 Å². The van der Waals surface area contributed by atoms with E-state index in [4.69, 9.17) is 0 Å². The van der Waals surface area contributed by atoms with Gasteiger partial charge in [-0.15, -0.1) is 0 Å². The Kier molecular flexibility index (Phi) is 21.8. The number of carbonyl (C=O) groups excluding carboxylic acids is 10. The van der Waals surface area contributed by atoms with Gasteiger partial charge in [-0.25, -0.2) is 0 Å². The highest BCUT2D eigenvalue weighted by atomic mass is 16.3. The Morgan fingerprint density at radius 3 is 1.64 bits per heavy atom. The average molecular weight is 1050 g/mol. The van der Waals surface area contributed by atoms with Crippen molar-refractivity contribution in [2.45, 2.75) is 110 Å². The van der Waals surface area contributed by atoms with Crippen LogP contribution in [0, 0.1) is 17.8 Å².